The summed E-state index contributed by atoms with van der Waals surface area (Å²) in [6, 6.07) is 4.74. The average Bonchev–Trinajstić information content (AvgIpc) is 3.08. The molecule has 2 radical (unpaired) electrons. The predicted molar refractivity (Wildman–Crippen MR) is 99.0 cm³/mol. The molecule has 3 aromatic rings. The standard InChI is InChI=1S/C17H15BClFN4O2/c1-2-7-26-23-17(25)11-9-24-6-5-21-16(24)14(20)15(11)22-13-4-3-10(18)8-12(13)19/h3-6,8-9,22H,2,7H2,1H3,(H,23,25). The number of rotatable bonds is 6. The molecule has 2 aromatic heterocycles. The lowest BCUT2D eigenvalue weighted by molar-refractivity contribution is 0.0315. The first-order chi connectivity index (χ1) is 12.5. The SMILES string of the molecule is [B]c1ccc(Nc2c(C(=O)NOCCC)cn3ccnc3c2F)c(Cl)c1. The number of carbonyl (C=O) groups is 1. The van der Waals surface area contributed by atoms with E-state index in [1.54, 1.807) is 18.3 Å². The zero-order chi connectivity index (χ0) is 18.7. The molecule has 0 saturated heterocycles. The van der Waals surface area contributed by atoms with Crippen molar-refractivity contribution < 1.29 is 14.0 Å². The number of amides is 1. The maximum absolute atomic E-state index is 15.0. The fourth-order valence-electron chi connectivity index (χ4n) is 2.36. The molecule has 9 heteroatoms. The van der Waals surface area contributed by atoms with Crippen LogP contribution in [0.5, 0.6) is 0 Å². The molecule has 1 aromatic carbocycles. The Morgan fingerprint density at radius 2 is 2.27 bits per heavy atom. The first kappa shape index (κ1) is 18.2. The summed E-state index contributed by atoms with van der Waals surface area (Å²) in [5.74, 6) is -1.28. The van der Waals surface area contributed by atoms with Gasteiger partial charge in [0.25, 0.3) is 5.91 Å². The van der Waals surface area contributed by atoms with Crippen molar-refractivity contribution >= 4 is 47.8 Å². The molecule has 0 saturated carbocycles. The van der Waals surface area contributed by atoms with Gasteiger partial charge in [0.2, 0.25) is 0 Å². The highest BCUT2D eigenvalue weighted by molar-refractivity contribution is 6.37. The Morgan fingerprint density at radius 3 is 3.00 bits per heavy atom. The summed E-state index contributed by atoms with van der Waals surface area (Å²) >= 11 is 6.15. The summed E-state index contributed by atoms with van der Waals surface area (Å²) in [5.41, 5.74) is 3.22. The normalized spacial score (nSPS) is 10.9. The summed E-state index contributed by atoms with van der Waals surface area (Å²) in [5, 5.41) is 3.15. The third-order valence-electron chi connectivity index (χ3n) is 3.59. The van der Waals surface area contributed by atoms with Crippen LogP contribution in [0.1, 0.15) is 23.7 Å². The fourth-order valence-corrected chi connectivity index (χ4v) is 2.59. The number of hydrogen-bond donors (Lipinski definition) is 2. The van der Waals surface area contributed by atoms with E-state index in [0.29, 0.717) is 22.8 Å². The molecule has 0 unspecified atom stereocenters. The molecule has 2 heterocycles. The van der Waals surface area contributed by atoms with E-state index in [4.69, 9.17) is 24.3 Å². The molecule has 132 valence electrons. The van der Waals surface area contributed by atoms with E-state index in [1.165, 1.54) is 22.9 Å². The molecule has 0 aliphatic carbocycles. The third-order valence-corrected chi connectivity index (χ3v) is 3.90. The van der Waals surface area contributed by atoms with Crippen LogP contribution in [0, 0.1) is 5.82 Å². The first-order valence-corrected chi connectivity index (χ1v) is 8.28. The highest BCUT2D eigenvalue weighted by atomic mass is 35.5. The van der Waals surface area contributed by atoms with Crippen molar-refractivity contribution in [2.45, 2.75) is 13.3 Å². The second kappa shape index (κ2) is 7.76. The summed E-state index contributed by atoms with van der Waals surface area (Å²) in [4.78, 5) is 21.5. The van der Waals surface area contributed by atoms with E-state index in [2.05, 4.69) is 15.8 Å². The van der Waals surface area contributed by atoms with Crippen LogP contribution in [0.15, 0.2) is 36.8 Å². The second-order valence-electron chi connectivity index (χ2n) is 5.53. The predicted octanol–water partition coefficient (Wildman–Crippen LogP) is 2.74. The monoisotopic (exact) mass is 372 g/mol. The van der Waals surface area contributed by atoms with Gasteiger partial charge in [-0.3, -0.25) is 9.63 Å². The van der Waals surface area contributed by atoms with E-state index in [0.717, 1.165) is 6.42 Å². The lowest BCUT2D eigenvalue weighted by atomic mass is 9.96. The zero-order valence-corrected chi connectivity index (χ0v) is 14.7. The third kappa shape index (κ3) is 3.66. The minimum absolute atomic E-state index is 0.0389. The molecule has 0 aliphatic heterocycles. The van der Waals surface area contributed by atoms with Gasteiger partial charge in [-0.05, 0) is 18.6 Å². The lowest BCUT2D eigenvalue weighted by Crippen LogP contribution is -2.25. The molecule has 0 fully saturated rings. The average molecular weight is 373 g/mol. The van der Waals surface area contributed by atoms with Crippen LogP contribution in [0.3, 0.4) is 0 Å². The first-order valence-electron chi connectivity index (χ1n) is 7.90. The Bertz CT molecular complexity index is 963. The van der Waals surface area contributed by atoms with Gasteiger partial charge in [-0.15, -0.1) is 0 Å². The van der Waals surface area contributed by atoms with Crippen LogP contribution in [0.2, 0.25) is 5.02 Å². The van der Waals surface area contributed by atoms with Crippen molar-refractivity contribution in [3.63, 3.8) is 0 Å². The largest absolute Gasteiger partial charge is 0.351 e. The molecule has 6 nitrogen and oxygen atoms in total. The minimum Gasteiger partial charge on any atom is -0.351 e. The Kier molecular flexibility index (Phi) is 5.44. The van der Waals surface area contributed by atoms with Gasteiger partial charge in [0.1, 0.15) is 7.85 Å². The van der Waals surface area contributed by atoms with Gasteiger partial charge in [-0.1, -0.05) is 30.1 Å². The molecule has 2 N–H and O–H groups in total. The van der Waals surface area contributed by atoms with Crippen LogP contribution < -0.4 is 16.3 Å². The summed E-state index contributed by atoms with van der Waals surface area (Å²) < 4.78 is 16.4. The number of pyridine rings is 1. The molecule has 0 aliphatic rings. The van der Waals surface area contributed by atoms with Crippen molar-refractivity contribution in [1.82, 2.24) is 14.9 Å². The maximum atomic E-state index is 15.0. The Labute approximate surface area is 155 Å². The maximum Gasteiger partial charge on any atom is 0.278 e. The van der Waals surface area contributed by atoms with Gasteiger partial charge in [-0.2, -0.15) is 0 Å². The molecular weight excluding hydrogens is 357 g/mol. The number of carbonyl (C=O) groups excluding carboxylic acids is 1. The molecule has 0 bridgehead atoms. The number of imidazole rings is 1. The second-order valence-corrected chi connectivity index (χ2v) is 5.94. The van der Waals surface area contributed by atoms with E-state index in [9.17, 15) is 9.18 Å². The quantitative estimate of drug-likeness (QED) is 0.397. The lowest BCUT2D eigenvalue weighted by Gasteiger charge is -2.15. The van der Waals surface area contributed by atoms with Crippen LogP contribution in [-0.2, 0) is 4.84 Å². The van der Waals surface area contributed by atoms with Crippen molar-refractivity contribution in [3.8, 4) is 0 Å². The number of benzene rings is 1. The number of nitrogens with one attached hydrogen (secondary N) is 2. The zero-order valence-electron chi connectivity index (χ0n) is 13.9. The van der Waals surface area contributed by atoms with Crippen molar-refractivity contribution in [2.75, 3.05) is 11.9 Å². The van der Waals surface area contributed by atoms with Gasteiger partial charge in [0, 0.05) is 18.6 Å². The summed E-state index contributed by atoms with van der Waals surface area (Å²) in [6.07, 6.45) is 5.17. The van der Waals surface area contributed by atoms with Crippen LogP contribution >= 0.6 is 11.6 Å². The molecule has 1 amide bonds. The molecule has 3 rings (SSSR count). The van der Waals surface area contributed by atoms with Gasteiger partial charge < -0.3 is 9.72 Å². The molecule has 0 spiro atoms. The number of hydrogen-bond acceptors (Lipinski definition) is 4. The van der Waals surface area contributed by atoms with E-state index in [1.807, 2.05) is 6.92 Å². The number of aromatic nitrogens is 2. The Hall–Kier alpha value is -2.58. The molecular formula is C17H15BClFN4O2. The molecule has 26 heavy (non-hydrogen) atoms. The van der Waals surface area contributed by atoms with Gasteiger partial charge in [-0.25, -0.2) is 14.9 Å². The highest BCUT2D eigenvalue weighted by Crippen LogP contribution is 2.30. The molecule has 0 atom stereocenters. The number of fused-ring (bicyclic) bond motifs is 1. The van der Waals surface area contributed by atoms with Gasteiger partial charge >= 0.3 is 0 Å². The van der Waals surface area contributed by atoms with E-state index in [-0.39, 0.29) is 16.9 Å². The topological polar surface area (TPSA) is 67.7 Å². The minimum atomic E-state index is -0.689. The van der Waals surface area contributed by atoms with Gasteiger partial charge in [0.15, 0.2) is 11.5 Å². The number of hydroxylamine groups is 1. The smallest absolute Gasteiger partial charge is 0.278 e. The summed E-state index contributed by atoms with van der Waals surface area (Å²) in [7, 11) is 5.68. The van der Waals surface area contributed by atoms with Crippen LogP contribution in [-0.4, -0.2) is 29.7 Å². The fraction of sp³-hybridized carbons (Fsp3) is 0.176. The van der Waals surface area contributed by atoms with Crippen molar-refractivity contribution in [2.24, 2.45) is 0 Å². The number of halogens is 2. The van der Waals surface area contributed by atoms with E-state index >= 15 is 0 Å². The Balaban J connectivity index is 2.04. The van der Waals surface area contributed by atoms with Crippen molar-refractivity contribution in [3.05, 3.63) is 53.2 Å². The Morgan fingerprint density at radius 1 is 1.46 bits per heavy atom. The number of nitrogens with zero attached hydrogens (tertiary/aromatic N) is 2. The highest BCUT2D eigenvalue weighted by Gasteiger charge is 2.21. The van der Waals surface area contributed by atoms with Crippen LogP contribution in [0.25, 0.3) is 5.65 Å². The van der Waals surface area contributed by atoms with Gasteiger partial charge in [0.05, 0.1) is 28.6 Å². The van der Waals surface area contributed by atoms with E-state index < -0.39 is 11.7 Å². The van der Waals surface area contributed by atoms with Crippen LogP contribution in [0.4, 0.5) is 15.8 Å². The summed E-state index contributed by atoms with van der Waals surface area (Å²) in [6.45, 7) is 2.24. The number of anilines is 2. The van der Waals surface area contributed by atoms with Crippen molar-refractivity contribution in [1.29, 1.82) is 0 Å².